The number of thiazole rings is 1. The van der Waals surface area contributed by atoms with Crippen LogP contribution in [0.5, 0.6) is 23.0 Å². The van der Waals surface area contributed by atoms with Gasteiger partial charge in [0.2, 0.25) is 5.13 Å². The molecule has 12 heteroatoms. The van der Waals surface area contributed by atoms with Crippen LogP contribution >= 0.6 is 11.3 Å². The van der Waals surface area contributed by atoms with E-state index >= 15 is 0 Å². The van der Waals surface area contributed by atoms with Gasteiger partial charge in [-0.1, -0.05) is 31.3 Å². The Hall–Kier alpha value is -5.23. The largest absolute Gasteiger partial charge is 0.497 e. The molecule has 1 fully saturated rings. The van der Waals surface area contributed by atoms with Crippen molar-refractivity contribution >= 4 is 50.8 Å². The minimum absolute atomic E-state index is 0.135. The molecule has 274 valence electrons. The van der Waals surface area contributed by atoms with E-state index in [2.05, 4.69) is 29.0 Å². The molecule has 0 spiro atoms. The average molecular weight is 728 g/mol. The lowest BCUT2D eigenvalue weighted by molar-refractivity contribution is -0.140. The molecule has 1 saturated carbocycles. The summed E-state index contributed by atoms with van der Waals surface area (Å²) in [6.45, 7) is 6.47. The van der Waals surface area contributed by atoms with E-state index < -0.39 is 11.9 Å². The topological polar surface area (TPSA) is 135 Å². The Labute approximate surface area is 308 Å². The average Bonchev–Trinajstić information content (AvgIpc) is 3.58. The summed E-state index contributed by atoms with van der Waals surface area (Å²) >= 11 is 1.42. The molecule has 1 aliphatic carbocycles. The van der Waals surface area contributed by atoms with Gasteiger partial charge in [-0.15, -0.1) is 0 Å². The number of hydrogen-bond donors (Lipinski definition) is 1. The lowest BCUT2D eigenvalue weighted by atomic mass is 9.81. The highest BCUT2D eigenvalue weighted by atomic mass is 32.1. The molecule has 0 atom stereocenters. The number of fused-ring (bicyclic) bond motifs is 1. The zero-order chi connectivity index (χ0) is 36.7. The third-order valence-electron chi connectivity index (χ3n) is 8.93. The lowest BCUT2D eigenvalue weighted by Gasteiger charge is -2.26. The number of aromatic nitrogens is 1. The Balaban J connectivity index is 1.21. The van der Waals surface area contributed by atoms with Crippen LogP contribution in [0.25, 0.3) is 10.2 Å². The van der Waals surface area contributed by atoms with E-state index in [-0.39, 0.29) is 17.6 Å². The van der Waals surface area contributed by atoms with Gasteiger partial charge in [0.1, 0.15) is 23.0 Å². The Kier molecular flexibility index (Phi) is 14.2. The number of ether oxygens (including phenoxy) is 5. The van der Waals surface area contributed by atoms with Crippen LogP contribution in [0.2, 0.25) is 0 Å². The van der Waals surface area contributed by atoms with Crippen molar-refractivity contribution in [3.8, 4) is 23.0 Å². The molecule has 1 aliphatic rings. The molecule has 1 aromatic heterocycles. The first-order chi connectivity index (χ1) is 25.3. The molecule has 1 N–H and O–H groups in total. The zero-order valence-corrected chi connectivity index (χ0v) is 30.5. The number of carbonyl (C=O) groups is 3. The third kappa shape index (κ3) is 11.1. The van der Waals surface area contributed by atoms with Crippen LogP contribution in [-0.2, 0) is 14.3 Å². The van der Waals surface area contributed by atoms with Gasteiger partial charge in [0.15, 0.2) is 0 Å². The smallest absolute Gasteiger partial charge is 0.343 e. The molecule has 4 aromatic rings. The zero-order valence-electron chi connectivity index (χ0n) is 29.6. The lowest BCUT2D eigenvalue weighted by Crippen LogP contribution is -2.25. The number of rotatable bonds is 18. The summed E-state index contributed by atoms with van der Waals surface area (Å²) in [5.74, 6) is 1.26. The minimum atomic E-state index is -0.566. The molecule has 11 nitrogen and oxygen atoms in total. The van der Waals surface area contributed by atoms with Gasteiger partial charge < -0.3 is 23.7 Å². The van der Waals surface area contributed by atoms with Crippen LogP contribution < -0.4 is 24.4 Å². The quantitative estimate of drug-likeness (QED) is 0.0265. The molecule has 52 heavy (non-hydrogen) atoms. The van der Waals surface area contributed by atoms with Crippen molar-refractivity contribution in [3.05, 3.63) is 84.4 Å². The Bertz CT molecular complexity index is 1850. The van der Waals surface area contributed by atoms with Crippen molar-refractivity contribution in [1.29, 1.82) is 0 Å². The SMILES string of the molecule is C=CC(=O)OCCCCCCOc1ccc(C(=O)Oc2ccc(OC(=O)C3CCC(CC)CC3)cc2C=NNc2nc3ccc(OC)cc3s2)cc1. The molecule has 0 radical (unpaired) electrons. The van der Waals surface area contributed by atoms with Crippen molar-refractivity contribution in [2.24, 2.45) is 16.9 Å². The minimum Gasteiger partial charge on any atom is -0.497 e. The first-order valence-electron chi connectivity index (χ1n) is 17.7. The van der Waals surface area contributed by atoms with Crippen molar-refractivity contribution in [3.63, 3.8) is 0 Å². The van der Waals surface area contributed by atoms with Gasteiger partial charge in [-0.05, 0) is 118 Å². The summed E-state index contributed by atoms with van der Waals surface area (Å²) < 4.78 is 28.7. The third-order valence-corrected chi connectivity index (χ3v) is 9.85. The maximum atomic E-state index is 13.2. The maximum Gasteiger partial charge on any atom is 0.343 e. The van der Waals surface area contributed by atoms with Crippen LogP contribution in [0.3, 0.4) is 0 Å². The molecule has 1 heterocycles. The van der Waals surface area contributed by atoms with Crippen LogP contribution in [0, 0.1) is 11.8 Å². The number of unbranched alkanes of at least 4 members (excludes halogenated alkanes) is 3. The van der Waals surface area contributed by atoms with E-state index in [1.54, 1.807) is 49.6 Å². The Morgan fingerprint density at radius 1 is 0.904 bits per heavy atom. The normalized spacial score (nSPS) is 15.6. The molecule has 0 saturated heterocycles. The summed E-state index contributed by atoms with van der Waals surface area (Å²) in [5.41, 5.74) is 4.53. The number of hydrazone groups is 1. The van der Waals surface area contributed by atoms with E-state index in [0.29, 0.717) is 46.9 Å². The van der Waals surface area contributed by atoms with Crippen molar-refractivity contribution < 1.29 is 38.1 Å². The molecule has 3 aromatic carbocycles. The molecule has 0 bridgehead atoms. The van der Waals surface area contributed by atoms with Gasteiger partial charge in [-0.3, -0.25) is 10.2 Å². The second-order valence-corrected chi connectivity index (χ2v) is 13.5. The highest BCUT2D eigenvalue weighted by molar-refractivity contribution is 7.22. The highest BCUT2D eigenvalue weighted by Crippen LogP contribution is 2.33. The van der Waals surface area contributed by atoms with Gasteiger partial charge in [0, 0.05) is 11.6 Å². The molecule has 0 aliphatic heterocycles. The van der Waals surface area contributed by atoms with Crippen molar-refractivity contribution in [2.45, 2.75) is 64.7 Å². The van der Waals surface area contributed by atoms with Crippen LogP contribution in [0.4, 0.5) is 5.13 Å². The van der Waals surface area contributed by atoms with Gasteiger partial charge >= 0.3 is 17.9 Å². The molecular formula is C40H45N3O8S. The van der Waals surface area contributed by atoms with Gasteiger partial charge in [0.05, 0.1) is 48.2 Å². The predicted octanol–water partition coefficient (Wildman–Crippen LogP) is 8.76. The van der Waals surface area contributed by atoms with E-state index in [1.165, 1.54) is 17.6 Å². The standard InChI is InChI=1S/C40H45N3O8S/c1-4-27-10-12-28(13-11-27)38(45)50-33-19-21-35(30(24-33)26-41-43-40-42-34-20-18-32(47-3)25-36(34)52-40)51-39(46)29-14-16-31(17-15-29)48-22-8-6-7-9-23-49-37(44)5-2/h5,14-21,24-28H,2,4,6-13,22-23H2,1,3H3,(H,42,43). The van der Waals surface area contributed by atoms with E-state index in [9.17, 15) is 14.4 Å². The number of methoxy groups -OCH3 is 1. The number of benzene rings is 3. The van der Waals surface area contributed by atoms with Crippen molar-refractivity contribution in [1.82, 2.24) is 4.98 Å². The monoisotopic (exact) mass is 727 g/mol. The van der Waals surface area contributed by atoms with Gasteiger partial charge in [-0.25, -0.2) is 14.6 Å². The van der Waals surface area contributed by atoms with Crippen LogP contribution in [-0.4, -0.2) is 49.4 Å². The van der Waals surface area contributed by atoms with Gasteiger partial charge in [0.25, 0.3) is 0 Å². The second-order valence-electron chi connectivity index (χ2n) is 12.5. The number of hydrogen-bond acceptors (Lipinski definition) is 12. The summed E-state index contributed by atoms with van der Waals surface area (Å²) in [5, 5.41) is 4.93. The van der Waals surface area contributed by atoms with E-state index in [4.69, 9.17) is 23.7 Å². The van der Waals surface area contributed by atoms with Gasteiger partial charge in [-0.2, -0.15) is 5.10 Å². The fraction of sp³-hybridized carbons (Fsp3) is 0.375. The second kappa shape index (κ2) is 19.4. The van der Waals surface area contributed by atoms with E-state index in [0.717, 1.165) is 79.8 Å². The molecule has 0 amide bonds. The first kappa shape index (κ1) is 38.0. The summed E-state index contributed by atoms with van der Waals surface area (Å²) in [6.07, 6.45) is 11.0. The number of nitrogens with zero attached hydrogens (tertiary/aromatic N) is 2. The maximum absolute atomic E-state index is 13.2. The summed E-state index contributed by atoms with van der Waals surface area (Å²) in [7, 11) is 1.61. The number of esters is 3. The molecular weight excluding hydrogens is 683 g/mol. The summed E-state index contributed by atoms with van der Waals surface area (Å²) in [4.78, 5) is 41.9. The van der Waals surface area contributed by atoms with E-state index in [1.807, 2.05) is 18.2 Å². The van der Waals surface area contributed by atoms with Crippen LogP contribution in [0.1, 0.15) is 80.6 Å². The fourth-order valence-corrected chi connectivity index (χ4v) is 6.70. The predicted molar refractivity (Wildman–Crippen MR) is 202 cm³/mol. The molecule has 0 unspecified atom stereocenters. The number of anilines is 1. The Morgan fingerprint density at radius 2 is 1.63 bits per heavy atom. The Morgan fingerprint density at radius 3 is 2.37 bits per heavy atom. The molecule has 5 rings (SSSR count). The number of nitrogens with one attached hydrogen (secondary N) is 1. The van der Waals surface area contributed by atoms with Crippen molar-refractivity contribution in [2.75, 3.05) is 25.7 Å². The summed E-state index contributed by atoms with van der Waals surface area (Å²) in [6, 6.07) is 17.2. The first-order valence-corrected chi connectivity index (χ1v) is 18.5. The highest BCUT2D eigenvalue weighted by Gasteiger charge is 2.27. The van der Waals surface area contributed by atoms with Crippen LogP contribution in [0.15, 0.2) is 78.4 Å². The number of carbonyl (C=O) groups excluding carboxylic acids is 3. The fourth-order valence-electron chi connectivity index (χ4n) is 5.85.